The van der Waals surface area contributed by atoms with Crippen LogP contribution in [0.3, 0.4) is 0 Å². The predicted octanol–water partition coefficient (Wildman–Crippen LogP) is 0.980. The number of aliphatic hydroxyl groups excluding tert-OH is 1. The van der Waals surface area contributed by atoms with Crippen molar-refractivity contribution in [2.24, 2.45) is 0 Å². The van der Waals surface area contributed by atoms with Crippen molar-refractivity contribution in [3.05, 3.63) is 29.3 Å². The average molecular weight is 264 g/mol. The Morgan fingerprint density at radius 1 is 1.42 bits per heavy atom. The molecule has 1 aromatic carbocycles. The molecule has 0 saturated heterocycles. The van der Waals surface area contributed by atoms with Crippen molar-refractivity contribution in [3.63, 3.8) is 0 Å². The highest BCUT2D eigenvalue weighted by Crippen LogP contribution is 2.38. The van der Waals surface area contributed by atoms with Gasteiger partial charge in [0.2, 0.25) is 0 Å². The van der Waals surface area contributed by atoms with Gasteiger partial charge in [-0.1, -0.05) is 6.07 Å². The minimum Gasteiger partial charge on any atom is -0.497 e. The fourth-order valence-electron chi connectivity index (χ4n) is 2.75. The standard InChI is InChI=1S/C15H24N2O2/c1-17(2)9-8-16-15(11-18)7-6-12-4-5-13(19-3)10-14(12)15/h4-5,10,16,18H,6-9,11H2,1-3H3. The molecule has 1 atom stereocenters. The van der Waals surface area contributed by atoms with Crippen molar-refractivity contribution in [3.8, 4) is 5.75 Å². The molecule has 0 heterocycles. The molecule has 0 radical (unpaired) electrons. The molecule has 0 saturated carbocycles. The van der Waals surface area contributed by atoms with Crippen LogP contribution in [-0.2, 0) is 12.0 Å². The van der Waals surface area contributed by atoms with Crippen molar-refractivity contribution >= 4 is 0 Å². The molecule has 4 nitrogen and oxygen atoms in total. The van der Waals surface area contributed by atoms with E-state index in [1.54, 1.807) is 7.11 Å². The van der Waals surface area contributed by atoms with E-state index in [-0.39, 0.29) is 12.1 Å². The second-order valence-corrected chi connectivity index (χ2v) is 5.49. The lowest BCUT2D eigenvalue weighted by Crippen LogP contribution is -2.46. The molecule has 4 heteroatoms. The van der Waals surface area contributed by atoms with Gasteiger partial charge < -0.3 is 20.1 Å². The fourth-order valence-corrected chi connectivity index (χ4v) is 2.75. The summed E-state index contributed by atoms with van der Waals surface area (Å²) in [5.41, 5.74) is 2.19. The molecule has 0 spiro atoms. The number of aliphatic hydroxyl groups is 1. The van der Waals surface area contributed by atoms with Crippen LogP contribution in [0.5, 0.6) is 5.75 Å². The Morgan fingerprint density at radius 3 is 2.84 bits per heavy atom. The van der Waals surface area contributed by atoms with Crippen molar-refractivity contribution in [1.82, 2.24) is 10.2 Å². The Kier molecular flexibility index (Phi) is 4.45. The summed E-state index contributed by atoms with van der Waals surface area (Å²) in [5.74, 6) is 0.855. The van der Waals surface area contributed by atoms with E-state index in [2.05, 4.69) is 36.4 Å². The SMILES string of the molecule is COc1ccc2c(c1)C(CO)(NCCN(C)C)CC2. The van der Waals surface area contributed by atoms with Crippen molar-refractivity contribution < 1.29 is 9.84 Å². The molecule has 0 aliphatic heterocycles. The van der Waals surface area contributed by atoms with Crippen LogP contribution >= 0.6 is 0 Å². The lowest BCUT2D eigenvalue weighted by molar-refractivity contribution is 0.157. The lowest BCUT2D eigenvalue weighted by Gasteiger charge is -2.30. The van der Waals surface area contributed by atoms with Crippen LogP contribution in [0.4, 0.5) is 0 Å². The Bertz CT molecular complexity index is 434. The molecular weight excluding hydrogens is 240 g/mol. The first-order valence-electron chi connectivity index (χ1n) is 6.79. The fraction of sp³-hybridized carbons (Fsp3) is 0.600. The minimum absolute atomic E-state index is 0.126. The number of hydrogen-bond donors (Lipinski definition) is 2. The number of nitrogens with zero attached hydrogens (tertiary/aromatic N) is 1. The molecule has 0 amide bonds. The third-order valence-corrected chi connectivity index (χ3v) is 3.95. The van der Waals surface area contributed by atoms with Gasteiger partial charge in [-0.05, 0) is 50.2 Å². The normalized spacial score (nSPS) is 21.7. The summed E-state index contributed by atoms with van der Waals surface area (Å²) >= 11 is 0. The Labute approximate surface area is 115 Å². The second kappa shape index (κ2) is 5.90. The molecule has 19 heavy (non-hydrogen) atoms. The van der Waals surface area contributed by atoms with Gasteiger partial charge >= 0.3 is 0 Å². The van der Waals surface area contributed by atoms with E-state index in [4.69, 9.17) is 4.74 Å². The summed E-state index contributed by atoms with van der Waals surface area (Å²) in [4.78, 5) is 2.14. The van der Waals surface area contributed by atoms with E-state index < -0.39 is 0 Å². The highest BCUT2D eigenvalue weighted by Gasteiger charge is 2.37. The molecule has 0 fully saturated rings. The van der Waals surface area contributed by atoms with Crippen molar-refractivity contribution in [2.75, 3.05) is 40.9 Å². The topological polar surface area (TPSA) is 44.7 Å². The van der Waals surface area contributed by atoms with Gasteiger partial charge in [-0.3, -0.25) is 0 Å². The molecule has 1 aromatic rings. The Balaban J connectivity index is 2.19. The number of likely N-dealkylation sites (N-methyl/N-ethyl adjacent to an activating group) is 1. The number of rotatable bonds is 6. The molecular formula is C15H24N2O2. The molecule has 1 aliphatic rings. The van der Waals surface area contributed by atoms with Gasteiger partial charge in [-0.2, -0.15) is 0 Å². The number of benzene rings is 1. The maximum Gasteiger partial charge on any atom is 0.119 e. The predicted molar refractivity (Wildman–Crippen MR) is 76.6 cm³/mol. The van der Waals surface area contributed by atoms with Gasteiger partial charge in [0.15, 0.2) is 0 Å². The molecule has 0 bridgehead atoms. The molecule has 106 valence electrons. The van der Waals surface area contributed by atoms with E-state index in [0.29, 0.717) is 0 Å². The molecule has 1 unspecified atom stereocenters. The van der Waals surface area contributed by atoms with Gasteiger partial charge in [0.25, 0.3) is 0 Å². The number of methoxy groups -OCH3 is 1. The molecule has 2 rings (SSSR count). The quantitative estimate of drug-likeness (QED) is 0.804. The zero-order valence-corrected chi connectivity index (χ0v) is 12.1. The first-order valence-corrected chi connectivity index (χ1v) is 6.79. The molecule has 2 N–H and O–H groups in total. The van der Waals surface area contributed by atoms with Crippen LogP contribution in [0.15, 0.2) is 18.2 Å². The third-order valence-electron chi connectivity index (χ3n) is 3.95. The van der Waals surface area contributed by atoms with E-state index in [1.165, 1.54) is 11.1 Å². The highest BCUT2D eigenvalue weighted by atomic mass is 16.5. The maximum atomic E-state index is 9.88. The molecule has 1 aliphatic carbocycles. The third kappa shape index (κ3) is 2.91. The van der Waals surface area contributed by atoms with Crippen LogP contribution < -0.4 is 10.1 Å². The smallest absolute Gasteiger partial charge is 0.119 e. The van der Waals surface area contributed by atoms with E-state index >= 15 is 0 Å². The molecule has 0 aromatic heterocycles. The second-order valence-electron chi connectivity index (χ2n) is 5.49. The first-order chi connectivity index (χ1) is 9.11. The zero-order valence-electron chi connectivity index (χ0n) is 12.1. The van der Waals surface area contributed by atoms with E-state index in [0.717, 1.165) is 31.7 Å². The number of nitrogens with one attached hydrogen (secondary N) is 1. The van der Waals surface area contributed by atoms with Gasteiger partial charge in [-0.25, -0.2) is 0 Å². The summed E-state index contributed by atoms with van der Waals surface area (Å²) in [6.45, 7) is 1.95. The van der Waals surface area contributed by atoms with E-state index in [1.807, 2.05) is 6.07 Å². The monoisotopic (exact) mass is 264 g/mol. The van der Waals surface area contributed by atoms with Gasteiger partial charge in [0.05, 0.1) is 19.3 Å². The minimum atomic E-state index is -0.306. The number of ether oxygens (including phenoxy) is 1. The van der Waals surface area contributed by atoms with E-state index in [9.17, 15) is 5.11 Å². The summed E-state index contributed by atoms with van der Waals surface area (Å²) in [5, 5.41) is 13.4. The Morgan fingerprint density at radius 2 is 2.21 bits per heavy atom. The summed E-state index contributed by atoms with van der Waals surface area (Å²) in [7, 11) is 5.79. The zero-order chi connectivity index (χ0) is 13.9. The van der Waals surface area contributed by atoms with Crippen molar-refractivity contribution in [2.45, 2.75) is 18.4 Å². The first kappa shape index (κ1) is 14.3. The summed E-state index contributed by atoms with van der Waals surface area (Å²) < 4.78 is 5.30. The van der Waals surface area contributed by atoms with Gasteiger partial charge in [-0.15, -0.1) is 0 Å². The summed E-state index contributed by atoms with van der Waals surface area (Å²) in [6.07, 6.45) is 1.95. The van der Waals surface area contributed by atoms with Crippen LogP contribution in [0.2, 0.25) is 0 Å². The van der Waals surface area contributed by atoms with Crippen LogP contribution in [0.25, 0.3) is 0 Å². The Hall–Kier alpha value is -1.10. The number of fused-ring (bicyclic) bond motifs is 1. The van der Waals surface area contributed by atoms with Crippen LogP contribution in [0.1, 0.15) is 17.5 Å². The van der Waals surface area contributed by atoms with Crippen LogP contribution in [-0.4, -0.2) is 50.9 Å². The number of hydrogen-bond acceptors (Lipinski definition) is 4. The highest BCUT2D eigenvalue weighted by molar-refractivity contribution is 5.44. The lowest BCUT2D eigenvalue weighted by atomic mass is 9.92. The average Bonchev–Trinajstić information content (AvgIpc) is 2.77. The van der Waals surface area contributed by atoms with Crippen molar-refractivity contribution in [1.29, 1.82) is 0 Å². The number of aryl methyl sites for hydroxylation is 1. The largest absolute Gasteiger partial charge is 0.497 e. The van der Waals surface area contributed by atoms with Gasteiger partial charge in [0, 0.05) is 13.1 Å². The maximum absolute atomic E-state index is 9.88. The van der Waals surface area contributed by atoms with Gasteiger partial charge in [0.1, 0.15) is 5.75 Å². The summed E-state index contributed by atoms with van der Waals surface area (Å²) in [6, 6.07) is 6.16. The van der Waals surface area contributed by atoms with Crippen LogP contribution in [0, 0.1) is 0 Å².